The third-order valence-electron chi connectivity index (χ3n) is 2.56. The van der Waals surface area contributed by atoms with Gasteiger partial charge in [0.05, 0.1) is 18.7 Å². The molecule has 0 bridgehead atoms. The van der Waals surface area contributed by atoms with E-state index in [9.17, 15) is 4.79 Å². The lowest BCUT2D eigenvalue weighted by Crippen LogP contribution is -2.32. The number of aromatic nitrogens is 1. The summed E-state index contributed by atoms with van der Waals surface area (Å²) in [5, 5.41) is 9.97. The standard InChI is InChI=1S/C13H14N2O2.C2H6/c1-10(17)15(8-9-16)13-7-6-11-4-2-3-5-12(11)14-13;1-2/h2-7,16H,8-9H2,1H3;1-2H3. The van der Waals surface area contributed by atoms with Gasteiger partial charge in [-0.25, -0.2) is 4.98 Å². The molecule has 1 aromatic carbocycles. The van der Waals surface area contributed by atoms with Crippen LogP contribution in [0.1, 0.15) is 20.8 Å². The van der Waals surface area contributed by atoms with Crippen molar-refractivity contribution < 1.29 is 9.90 Å². The number of pyridine rings is 1. The van der Waals surface area contributed by atoms with Crippen LogP contribution in [0.5, 0.6) is 0 Å². The Labute approximate surface area is 113 Å². The molecule has 0 aliphatic heterocycles. The summed E-state index contributed by atoms with van der Waals surface area (Å²) in [5.41, 5.74) is 0.842. The van der Waals surface area contributed by atoms with Crippen LogP contribution in [0.4, 0.5) is 5.82 Å². The molecule has 0 aliphatic rings. The number of carbonyl (C=O) groups is 1. The summed E-state index contributed by atoms with van der Waals surface area (Å²) in [6.45, 7) is 5.65. The molecular formula is C15H20N2O2. The van der Waals surface area contributed by atoms with Crippen LogP contribution in [0.3, 0.4) is 0 Å². The van der Waals surface area contributed by atoms with Crippen molar-refractivity contribution in [3.63, 3.8) is 0 Å². The van der Waals surface area contributed by atoms with E-state index in [0.29, 0.717) is 5.82 Å². The maximum atomic E-state index is 11.4. The van der Waals surface area contributed by atoms with E-state index < -0.39 is 0 Å². The SMILES string of the molecule is CC.CC(=O)N(CCO)c1ccc2ccccc2n1. The van der Waals surface area contributed by atoms with E-state index >= 15 is 0 Å². The highest BCUT2D eigenvalue weighted by Crippen LogP contribution is 2.17. The topological polar surface area (TPSA) is 53.4 Å². The second-order valence-corrected chi connectivity index (χ2v) is 3.76. The van der Waals surface area contributed by atoms with Gasteiger partial charge in [0.15, 0.2) is 0 Å². The average molecular weight is 260 g/mol. The number of carbonyl (C=O) groups excluding carboxylic acids is 1. The van der Waals surface area contributed by atoms with Gasteiger partial charge in [-0.2, -0.15) is 0 Å². The molecule has 0 saturated heterocycles. The maximum Gasteiger partial charge on any atom is 0.225 e. The van der Waals surface area contributed by atoms with Crippen molar-refractivity contribution in [2.75, 3.05) is 18.1 Å². The van der Waals surface area contributed by atoms with Crippen molar-refractivity contribution in [2.45, 2.75) is 20.8 Å². The van der Waals surface area contributed by atoms with Gasteiger partial charge in [-0.15, -0.1) is 0 Å². The summed E-state index contributed by atoms with van der Waals surface area (Å²) < 4.78 is 0. The monoisotopic (exact) mass is 260 g/mol. The predicted molar refractivity (Wildman–Crippen MR) is 78.2 cm³/mol. The minimum atomic E-state index is -0.123. The molecule has 0 atom stereocenters. The Kier molecular flexibility index (Phi) is 5.96. The maximum absolute atomic E-state index is 11.4. The molecule has 0 saturated carbocycles. The fraction of sp³-hybridized carbons (Fsp3) is 0.333. The number of benzene rings is 1. The number of aliphatic hydroxyl groups is 1. The summed E-state index contributed by atoms with van der Waals surface area (Å²) in [7, 11) is 0. The van der Waals surface area contributed by atoms with Crippen LogP contribution >= 0.6 is 0 Å². The third kappa shape index (κ3) is 3.76. The lowest BCUT2D eigenvalue weighted by molar-refractivity contribution is -0.116. The zero-order valence-corrected chi connectivity index (χ0v) is 11.6. The minimum Gasteiger partial charge on any atom is -0.395 e. The van der Waals surface area contributed by atoms with Crippen molar-refractivity contribution in [3.05, 3.63) is 36.4 Å². The second kappa shape index (κ2) is 7.48. The Hall–Kier alpha value is -1.94. The Bertz CT molecular complexity index is 540. The zero-order chi connectivity index (χ0) is 14.3. The van der Waals surface area contributed by atoms with Crippen LogP contribution in [0.2, 0.25) is 0 Å². The smallest absolute Gasteiger partial charge is 0.225 e. The molecule has 4 nitrogen and oxygen atoms in total. The molecule has 1 heterocycles. The van der Waals surface area contributed by atoms with Crippen molar-refractivity contribution in [1.29, 1.82) is 0 Å². The number of amides is 1. The molecule has 0 spiro atoms. The predicted octanol–water partition coefficient (Wildman–Crippen LogP) is 2.61. The van der Waals surface area contributed by atoms with Crippen LogP contribution in [0.15, 0.2) is 36.4 Å². The highest BCUT2D eigenvalue weighted by atomic mass is 16.3. The molecule has 0 radical (unpaired) electrons. The Morgan fingerprint density at radius 1 is 1.21 bits per heavy atom. The first-order chi connectivity index (χ1) is 9.22. The molecular weight excluding hydrogens is 240 g/mol. The number of hydrogen-bond acceptors (Lipinski definition) is 3. The van der Waals surface area contributed by atoms with Crippen LogP contribution in [0, 0.1) is 0 Å². The van der Waals surface area contributed by atoms with Gasteiger partial charge in [0, 0.05) is 12.3 Å². The van der Waals surface area contributed by atoms with Gasteiger partial charge in [-0.05, 0) is 18.2 Å². The van der Waals surface area contributed by atoms with Crippen molar-refractivity contribution >= 4 is 22.6 Å². The molecule has 0 unspecified atom stereocenters. The number of fused-ring (bicyclic) bond motifs is 1. The molecule has 1 aromatic heterocycles. The number of rotatable bonds is 3. The number of aliphatic hydroxyl groups excluding tert-OH is 1. The molecule has 4 heteroatoms. The largest absolute Gasteiger partial charge is 0.395 e. The van der Waals surface area contributed by atoms with Gasteiger partial charge in [0.1, 0.15) is 5.82 Å². The van der Waals surface area contributed by atoms with E-state index in [1.54, 1.807) is 6.07 Å². The fourth-order valence-electron chi connectivity index (χ4n) is 1.74. The second-order valence-electron chi connectivity index (χ2n) is 3.76. The van der Waals surface area contributed by atoms with Crippen molar-refractivity contribution in [2.24, 2.45) is 0 Å². The van der Waals surface area contributed by atoms with Gasteiger partial charge >= 0.3 is 0 Å². The molecule has 0 aliphatic carbocycles. The molecule has 2 aromatic rings. The highest BCUT2D eigenvalue weighted by Gasteiger charge is 2.12. The quantitative estimate of drug-likeness (QED) is 0.923. The van der Waals surface area contributed by atoms with Crippen LogP contribution < -0.4 is 4.90 Å². The normalized spacial score (nSPS) is 9.68. The Morgan fingerprint density at radius 2 is 1.89 bits per heavy atom. The first-order valence-corrected chi connectivity index (χ1v) is 6.47. The molecule has 1 amide bonds. The van der Waals surface area contributed by atoms with Gasteiger partial charge < -0.3 is 5.11 Å². The lowest BCUT2D eigenvalue weighted by atomic mass is 10.2. The summed E-state index contributed by atoms with van der Waals surface area (Å²) >= 11 is 0. The van der Waals surface area contributed by atoms with E-state index in [2.05, 4.69) is 4.98 Å². The molecule has 2 rings (SSSR count). The summed E-state index contributed by atoms with van der Waals surface area (Å²) in [6, 6.07) is 11.4. The Balaban J connectivity index is 0.000000861. The molecule has 1 N–H and O–H groups in total. The lowest BCUT2D eigenvalue weighted by Gasteiger charge is -2.19. The molecule has 102 valence electrons. The van der Waals surface area contributed by atoms with Gasteiger partial charge in [-0.3, -0.25) is 9.69 Å². The first-order valence-electron chi connectivity index (χ1n) is 6.47. The number of para-hydroxylation sites is 1. The van der Waals surface area contributed by atoms with Gasteiger partial charge in [0.2, 0.25) is 5.91 Å². The summed E-state index contributed by atoms with van der Waals surface area (Å²) in [5.74, 6) is 0.451. The van der Waals surface area contributed by atoms with E-state index in [1.807, 2.05) is 44.2 Å². The van der Waals surface area contributed by atoms with E-state index in [4.69, 9.17) is 5.11 Å². The highest BCUT2D eigenvalue weighted by molar-refractivity contribution is 5.92. The van der Waals surface area contributed by atoms with E-state index in [-0.39, 0.29) is 19.1 Å². The summed E-state index contributed by atoms with van der Waals surface area (Å²) in [4.78, 5) is 17.3. The summed E-state index contributed by atoms with van der Waals surface area (Å²) in [6.07, 6.45) is 0. The van der Waals surface area contributed by atoms with Crippen LogP contribution in [0.25, 0.3) is 10.9 Å². The molecule has 19 heavy (non-hydrogen) atoms. The van der Waals surface area contributed by atoms with E-state index in [1.165, 1.54) is 11.8 Å². The first kappa shape index (κ1) is 15.1. The number of hydrogen-bond donors (Lipinski definition) is 1. The van der Waals surface area contributed by atoms with Crippen LogP contribution in [-0.4, -0.2) is 29.1 Å². The third-order valence-corrected chi connectivity index (χ3v) is 2.56. The fourth-order valence-corrected chi connectivity index (χ4v) is 1.74. The number of anilines is 1. The average Bonchev–Trinajstić information content (AvgIpc) is 2.46. The van der Waals surface area contributed by atoms with E-state index in [0.717, 1.165) is 10.9 Å². The van der Waals surface area contributed by atoms with Gasteiger partial charge in [0.25, 0.3) is 0 Å². The zero-order valence-electron chi connectivity index (χ0n) is 11.6. The van der Waals surface area contributed by atoms with Gasteiger partial charge in [-0.1, -0.05) is 32.0 Å². The molecule has 0 fully saturated rings. The van der Waals surface area contributed by atoms with Crippen molar-refractivity contribution in [1.82, 2.24) is 4.98 Å². The minimum absolute atomic E-state index is 0.0753. The van der Waals surface area contributed by atoms with Crippen molar-refractivity contribution in [3.8, 4) is 0 Å². The number of nitrogens with zero attached hydrogens (tertiary/aromatic N) is 2. The Morgan fingerprint density at radius 3 is 2.53 bits per heavy atom. The van der Waals surface area contributed by atoms with Crippen LogP contribution in [-0.2, 0) is 4.79 Å².